The van der Waals surface area contributed by atoms with E-state index in [1.807, 2.05) is 18.2 Å². The lowest BCUT2D eigenvalue weighted by Crippen LogP contribution is -2.37. The first-order valence-electron chi connectivity index (χ1n) is 7.97. The predicted octanol–water partition coefficient (Wildman–Crippen LogP) is 3.61. The van der Waals surface area contributed by atoms with Gasteiger partial charge in [-0.15, -0.1) is 0 Å². The molecule has 0 spiro atoms. The summed E-state index contributed by atoms with van der Waals surface area (Å²) in [6.07, 6.45) is 11.0. The molecule has 0 unspecified atom stereocenters. The van der Waals surface area contributed by atoms with Crippen LogP contribution in [0.3, 0.4) is 0 Å². The number of rotatable bonds is 7. The minimum Gasteiger partial charge on any atom is -0.391 e. The van der Waals surface area contributed by atoms with Crippen LogP contribution in [0.5, 0.6) is 0 Å². The molecule has 3 atom stereocenters. The third-order valence-electron chi connectivity index (χ3n) is 4.16. The normalized spacial score (nSPS) is 18.9. The van der Waals surface area contributed by atoms with E-state index in [4.69, 9.17) is 5.73 Å². The molecule has 0 saturated carbocycles. The van der Waals surface area contributed by atoms with Gasteiger partial charge in [0.15, 0.2) is 0 Å². The van der Waals surface area contributed by atoms with Crippen LogP contribution in [0.1, 0.15) is 38.2 Å². The van der Waals surface area contributed by atoms with E-state index in [0.29, 0.717) is 5.92 Å². The van der Waals surface area contributed by atoms with E-state index in [9.17, 15) is 5.11 Å². The molecule has 0 amide bonds. The molecule has 1 aromatic carbocycles. The van der Waals surface area contributed by atoms with Crippen molar-refractivity contribution in [1.29, 1.82) is 0 Å². The lowest BCUT2D eigenvalue weighted by molar-refractivity contribution is 0.117. The van der Waals surface area contributed by atoms with Gasteiger partial charge in [0, 0.05) is 6.04 Å². The number of hydrogen-bond acceptors (Lipinski definition) is 2. The number of aliphatic hydroxyl groups excluding tert-OH is 1. The van der Waals surface area contributed by atoms with E-state index in [2.05, 4.69) is 37.3 Å². The molecule has 0 saturated heterocycles. The van der Waals surface area contributed by atoms with Crippen molar-refractivity contribution < 1.29 is 5.11 Å². The van der Waals surface area contributed by atoms with Gasteiger partial charge in [0.2, 0.25) is 0 Å². The van der Waals surface area contributed by atoms with Gasteiger partial charge in [0.25, 0.3) is 0 Å². The van der Waals surface area contributed by atoms with Crippen LogP contribution in [0.2, 0.25) is 0 Å². The number of allylic oxidation sites excluding steroid dienone is 4. The Morgan fingerprint density at radius 2 is 1.95 bits per heavy atom. The Balaban J connectivity index is 1.78. The second-order valence-electron chi connectivity index (χ2n) is 6.26. The van der Waals surface area contributed by atoms with Gasteiger partial charge in [-0.25, -0.2) is 0 Å². The molecule has 0 radical (unpaired) electrons. The van der Waals surface area contributed by atoms with Crippen LogP contribution >= 0.6 is 0 Å². The first-order chi connectivity index (χ1) is 10.1. The molecule has 2 rings (SSSR count). The zero-order valence-corrected chi connectivity index (χ0v) is 12.9. The molecule has 1 aromatic rings. The maximum Gasteiger partial charge on any atom is 0.0697 e. The highest BCUT2D eigenvalue weighted by atomic mass is 16.3. The standard InChI is InChI=1S/C19H27NO/c1-15(12-16-8-4-2-5-9-16)13-19(21)18(20)14-17-10-6-3-7-11-17/h2-4,6-8,10-11,15,18-19,21H,5,9,12-14,20H2,1H3/t15-,18-,19-/m0/s1. The summed E-state index contributed by atoms with van der Waals surface area (Å²) in [6.45, 7) is 2.21. The summed E-state index contributed by atoms with van der Waals surface area (Å²) >= 11 is 0. The van der Waals surface area contributed by atoms with E-state index >= 15 is 0 Å². The molecule has 114 valence electrons. The highest BCUT2D eigenvalue weighted by Crippen LogP contribution is 2.23. The Morgan fingerprint density at radius 1 is 1.19 bits per heavy atom. The maximum atomic E-state index is 10.3. The first-order valence-corrected chi connectivity index (χ1v) is 7.97. The third-order valence-corrected chi connectivity index (χ3v) is 4.16. The molecule has 0 aromatic heterocycles. The zero-order chi connectivity index (χ0) is 15.1. The number of benzene rings is 1. The van der Waals surface area contributed by atoms with Crippen LogP contribution in [0.25, 0.3) is 0 Å². The van der Waals surface area contributed by atoms with Gasteiger partial charge in [-0.3, -0.25) is 0 Å². The summed E-state index contributed by atoms with van der Waals surface area (Å²) in [6, 6.07) is 9.97. The van der Waals surface area contributed by atoms with Crippen molar-refractivity contribution in [1.82, 2.24) is 0 Å². The van der Waals surface area contributed by atoms with Crippen molar-refractivity contribution in [2.45, 2.75) is 51.2 Å². The van der Waals surface area contributed by atoms with Gasteiger partial charge in [0.1, 0.15) is 0 Å². The summed E-state index contributed by atoms with van der Waals surface area (Å²) in [5.41, 5.74) is 8.84. The second-order valence-corrected chi connectivity index (χ2v) is 6.26. The monoisotopic (exact) mass is 285 g/mol. The molecule has 2 nitrogen and oxygen atoms in total. The van der Waals surface area contributed by atoms with Crippen molar-refractivity contribution in [2.24, 2.45) is 11.7 Å². The van der Waals surface area contributed by atoms with E-state index in [1.54, 1.807) is 0 Å². The van der Waals surface area contributed by atoms with Crippen molar-refractivity contribution in [3.63, 3.8) is 0 Å². The average molecular weight is 285 g/mol. The molecule has 0 heterocycles. The molecule has 0 bridgehead atoms. The fourth-order valence-electron chi connectivity index (χ4n) is 2.96. The van der Waals surface area contributed by atoms with Gasteiger partial charge in [-0.1, -0.05) is 61.1 Å². The largest absolute Gasteiger partial charge is 0.391 e. The third kappa shape index (κ3) is 5.49. The highest BCUT2D eigenvalue weighted by Gasteiger charge is 2.19. The Morgan fingerprint density at radius 3 is 2.62 bits per heavy atom. The fraction of sp³-hybridized carbons (Fsp3) is 0.474. The number of aliphatic hydroxyl groups is 1. The Kier molecular flexibility index (Phi) is 6.21. The summed E-state index contributed by atoms with van der Waals surface area (Å²) in [4.78, 5) is 0. The highest BCUT2D eigenvalue weighted by molar-refractivity contribution is 5.18. The first kappa shape index (κ1) is 16.0. The molecule has 0 aliphatic heterocycles. The van der Waals surface area contributed by atoms with Crippen LogP contribution in [0.4, 0.5) is 0 Å². The molecule has 21 heavy (non-hydrogen) atoms. The summed E-state index contributed by atoms with van der Waals surface area (Å²) in [5, 5.41) is 10.3. The lowest BCUT2D eigenvalue weighted by Gasteiger charge is -2.23. The van der Waals surface area contributed by atoms with E-state index in [0.717, 1.165) is 32.1 Å². The summed E-state index contributed by atoms with van der Waals surface area (Å²) in [5.74, 6) is 0.472. The Hall–Kier alpha value is -1.38. The fourth-order valence-corrected chi connectivity index (χ4v) is 2.96. The van der Waals surface area contributed by atoms with Crippen LogP contribution < -0.4 is 5.73 Å². The quantitative estimate of drug-likeness (QED) is 0.804. The van der Waals surface area contributed by atoms with E-state index in [-0.39, 0.29) is 6.04 Å². The van der Waals surface area contributed by atoms with Crippen LogP contribution in [-0.2, 0) is 6.42 Å². The van der Waals surface area contributed by atoms with E-state index < -0.39 is 6.10 Å². The maximum absolute atomic E-state index is 10.3. The lowest BCUT2D eigenvalue weighted by atomic mass is 9.89. The molecule has 1 aliphatic rings. The van der Waals surface area contributed by atoms with Gasteiger partial charge in [0.05, 0.1) is 6.10 Å². The summed E-state index contributed by atoms with van der Waals surface area (Å²) < 4.78 is 0. The Labute approximate surface area is 128 Å². The van der Waals surface area contributed by atoms with Crippen molar-refractivity contribution in [3.8, 4) is 0 Å². The second kappa shape index (κ2) is 8.16. The molecule has 3 N–H and O–H groups in total. The minimum atomic E-state index is -0.431. The average Bonchev–Trinajstić information content (AvgIpc) is 2.49. The minimum absolute atomic E-state index is 0.185. The number of nitrogens with two attached hydrogens (primary N) is 1. The molecule has 2 heteroatoms. The topological polar surface area (TPSA) is 46.2 Å². The summed E-state index contributed by atoms with van der Waals surface area (Å²) in [7, 11) is 0. The van der Waals surface area contributed by atoms with Gasteiger partial charge in [-0.05, 0) is 43.6 Å². The van der Waals surface area contributed by atoms with E-state index in [1.165, 1.54) is 11.1 Å². The van der Waals surface area contributed by atoms with Gasteiger partial charge in [-0.2, -0.15) is 0 Å². The molecular weight excluding hydrogens is 258 g/mol. The van der Waals surface area contributed by atoms with Crippen molar-refractivity contribution in [3.05, 3.63) is 59.7 Å². The number of hydrogen-bond donors (Lipinski definition) is 2. The van der Waals surface area contributed by atoms with Gasteiger partial charge < -0.3 is 10.8 Å². The zero-order valence-electron chi connectivity index (χ0n) is 12.9. The predicted molar refractivity (Wildman–Crippen MR) is 89.0 cm³/mol. The molecule has 1 aliphatic carbocycles. The SMILES string of the molecule is C[C@@H](CC1=CC=CCC1)C[C@H](O)[C@@H](N)Cc1ccccc1. The van der Waals surface area contributed by atoms with Crippen molar-refractivity contribution in [2.75, 3.05) is 0 Å². The van der Waals surface area contributed by atoms with Crippen LogP contribution in [0.15, 0.2) is 54.1 Å². The smallest absolute Gasteiger partial charge is 0.0697 e. The molecule has 0 fully saturated rings. The Bertz CT molecular complexity index is 478. The van der Waals surface area contributed by atoms with Crippen LogP contribution in [0, 0.1) is 5.92 Å². The van der Waals surface area contributed by atoms with Crippen molar-refractivity contribution >= 4 is 0 Å². The molecular formula is C19H27NO. The van der Waals surface area contributed by atoms with Gasteiger partial charge >= 0.3 is 0 Å². The van der Waals surface area contributed by atoms with Crippen LogP contribution in [-0.4, -0.2) is 17.3 Å².